The Morgan fingerprint density at radius 3 is 2.55 bits per heavy atom. The van der Waals surface area contributed by atoms with Crippen molar-refractivity contribution >= 4 is 16.7 Å². The first-order valence-electron chi connectivity index (χ1n) is 9.41. The number of ether oxygens (including phenoxy) is 2. The summed E-state index contributed by atoms with van der Waals surface area (Å²) in [5.41, 5.74) is 2.39. The van der Waals surface area contributed by atoms with E-state index in [9.17, 15) is 4.79 Å². The number of carbonyl (C=O) groups excluding carboxylic acids is 1. The van der Waals surface area contributed by atoms with Crippen molar-refractivity contribution in [2.24, 2.45) is 0 Å². The van der Waals surface area contributed by atoms with E-state index in [0.29, 0.717) is 24.5 Å². The zero-order chi connectivity index (χ0) is 20.2. The molecule has 0 saturated carbocycles. The molecule has 5 nitrogen and oxygen atoms in total. The molecule has 0 aliphatic carbocycles. The Kier molecular flexibility index (Phi) is 5.29. The lowest BCUT2D eigenvalue weighted by molar-refractivity contribution is 0.0601. The van der Waals surface area contributed by atoms with E-state index in [2.05, 4.69) is 4.98 Å². The Labute approximate surface area is 168 Å². The number of oxazole rings is 1. The highest BCUT2D eigenvalue weighted by Crippen LogP contribution is 2.24. The lowest BCUT2D eigenvalue weighted by Crippen LogP contribution is -2.03. The summed E-state index contributed by atoms with van der Waals surface area (Å²) in [4.78, 5) is 16.3. The molecule has 1 heterocycles. The summed E-state index contributed by atoms with van der Waals surface area (Å²) >= 11 is 0. The van der Waals surface area contributed by atoms with Gasteiger partial charge in [0.1, 0.15) is 11.5 Å². The molecule has 0 amide bonds. The van der Waals surface area contributed by atoms with Crippen molar-refractivity contribution in [2.45, 2.75) is 13.3 Å². The van der Waals surface area contributed by atoms with Crippen molar-refractivity contribution in [1.29, 1.82) is 0 Å². The molecule has 0 spiro atoms. The van der Waals surface area contributed by atoms with Crippen LogP contribution in [0.2, 0.25) is 0 Å². The molecule has 1 aromatic heterocycles. The zero-order valence-electron chi connectivity index (χ0n) is 16.3. The SMILES string of the molecule is COC(=O)c1ccc2cc(OCCc3nc(-c4ccccc4)oc3C)ccc2c1. The Hall–Kier alpha value is -3.60. The van der Waals surface area contributed by atoms with Crippen molar-refractivity contribution in [2.75, 3.05) is 13.7 Å². The minimum absolute atomic E-state index is 0.343. The number of fused-ring (bicyclic) bond motifs is 1. The number of esters is 1. The molecule has 4 rings (SSSR count). The quantitative estimate of drug-likeness (QED) is 0.425. The maximum atomic E-state index is 11.7. The topological polar surface area (TPSA) is 61.6 Å². The molecular weight excluding hydrogens is 366 g/mol. The molecular formula is C24H21NO4. The second-order valence-corrected chi connectivity index (χ2v) is 6.70. The third kappa shape index (κ3) is 4.14. The largest absolute Gasteiger partial charge is 0.493 e. The van der Waals surface area contributed by atoms with Crippen LogP contribution in [0.15, 0.2) is 71.1 Å². The average molecular weight is 387 g/mol. The first-order valence-corrected chi connectivity index (χ1v) is 9.41. The van der Waals surface area contributed by atoms with Gasteiger partial charge in [0, 0.05) is 12.0 Å². The minimum atomic E-state index is -0.343. The van der Waals surface area contributed by atoms with Crippen molar-refractivity contribution in [3.05, 3.63) is 83.7 Å². The van der Waals surface area contributed by atoms with E-state index in [1.807, 2.05) is 67.6 Å². The Morgan fingerprint density at radius 1 is 1.00 bits per heavy atom. The molecule has 3 aromatic carbocycles. The molecule has 5 heteroatoms. The number of hydrogen-bond donors (Lipinski definition) is 0. The van der Waals surface area contributed by atoms with Crippen molar-refractivity contribution < 1.29 is 18.7 Å². The van der Waals surface area contributed by atoms with Crippen LogP contribution in [0.1, 0.15) is 21.8 Å². The van der Waals surface area contributed by atoms with E-state index >= 15 is 0 Å². The minimum Gasteiger partial charge on any atom is -0.493 e. The lowest BCUT2D eigenvalue weighted by Gasteiger charge is -2.07. The summed E-state index contributed by atoms with van der Waals surface area (Å²) in [5, 5.41) is 1.96. The third-order valence-corrected chi connectivity index (χ3v) is 4.75. The number of aryl methyl sites for hydroxylation is 1. The van der Waals surface area contributed by atoms with Gasteiger partial charge in [-0.2, -0.15) is 0 Å². The van der Waals surface area contributed by atoms with Crippen LogP contribution in [0.3, 0.4) is 0 Å². The third-order valence-electron chi connectivity index (χ3n) is 4.75. The van der Waals surface area contributed by atoms with Crippen molar-refractivity contribution in [3.63, 3.8) is 0 Å². The second-order valence-electron chi connectivity index (χ2n) is 6.70. The highest BCUT2D eigenvalue weighted by Gasteiger charge is 2.11. The summed E-state index contributed by atoms with van der Waals surface area (Å²) in [6.45, 7) is 2.41. The van der Waals surface area contributed by atoms with Gasteiger partial charge < -0.3 is 13.9 Å². The van der Waals surface area contributed by atoms with Crippen LogP contribution >= 0.6 is 0 Å². The van der Waals surface area contributed by atoms with E-state index < -0.39 is 0 Å². The number of benzene rings is 3. The Morgan fingerprint density at radius 2 is 1.76 bits per heavy atom. The van der Waals surface area contributed by atoms with Gasteiger partial charge in [0.2, 0.25) is 5.89 Å². The Balaban J connectivity index is 1.42. The lowest BCUT2D eigenvalue weighted by atomic mass is 10.1. The van der Waals surface area contributed by atoms with Gasteiger partial charge in [-0.05, 0) is 54.1 Å². The maximum Gasteiger partial charge on any atom is 0.337 e. The monoisotopic (exact) mass is 387 g/mol. The van der Waals surface area contributed by atoms with Gasteiger partial charge in [-0.1, -0.05) is 30.3 Å². The maximum absolute atomic E-state index is 11.7. The van der Waals surface area contributed by atoms with Gasteiger partial charge in [0.25, 0.3) is 0 Å². The van der Waals surface area contributed by atoms with Crippen molar-refractivity contribution in [1.82, 2.24) is 4.98 Å². The predicted molar refractivity (Wildman–Crippen MR) is 111 cm³/mol. The molecule has 0 radical (unpaired) electrons. The predicted octanol–water partition coefficient (Wildman–Crippen LogP) is 5.21. The van der Waals surface area contributed by atoms with Crippen LogP contribution in [0, 0.1) is 6.92 Å². The molecule has 4 aromatic rings. The summed E-state index contributed by atoms with van der Waals surface area (Å²) in [7, 11) is 1.38. The van der Waals surface area contributed by atoms with E-state index in [4.69, 9.17) is 13.9 Å². The fourth-order valence-electron chi connectivity index (χ4n) is 3.19. The van der Waals surface area contributed by atoms with Crippen LogP contribution in [0.25, 0.3) is 22.2 Å². The molecule has 0 fully saturated rings. The number of carbonyl (C=O) groups is 1. The molecule has 0 atom stereocenters. The van der Waals surface area contributed by atoms with Crippen LogP contribution in [0.5, 0.6) is 5.75 Å². The fourth-order valence-corrected chi connectivity index (χ4v) is 3.19. The molecule has 0 aliphatic rings. The Bertz CT molecular complexity index is 1150. The molecule has 0 bridgehead atoms. The molecule has 0 unspecified atom stereocenters. The highest BCUT2D eigenvalue weighted by molar-refractivity contribution is 5.95. The van der Waals surface area contributed by atoms with Crippen LogP contribution in [-0.2, 0) is 11.2 Å². The van der Waals surface area contributed by atoms with E-state index in [-0.39, 0.29) is 5.97 Å². The summed E-state index contributed by atoms with van der Waals surface area (Å²) in [5.74, 6) is 1.87. The highest BCUT2D eigenvalue weighted by atomic mass is 16.5. The van der Waals surface area contributed by atoms with Gasteiger partial charge in [0.15, 0.2) is 0 Å². The molecule has 0 aliphatic heterocycles. The number of methoxy groups -OCH3 is 1. The van der Waals surface area contributed by atoms with E-state index in [1.54, 1.807) is 6.07 Å². The van der Waals surface area contributed by atoms with Gasteiger partial charge >= 0.3 is 5.97 Å². The number of hydrogen-bond acceptors (Lipinski definition) is 5. The number of aromatic nitrogens is 1. The number of nitrogens with zero attached hydrogens (tertiary/aromatic N) is 1. The van der Waals surface area contributed by atoms with E-state index in [0.717, 1.165) is 33.5 Å². The first kappa shape index (κ1) is 18.7. The van der Waals surface area contributed by atoms with Gasteiger partial charge in [-0.25, -0.2) is 9.78 Å². The summed E-state index contributed by atoms with van der Waals surface area (Å²) in [6.07, 6.45) is 0.654. The van der Waals surface area contributed by atoms with Gasteiger partial charge in [-0.3, -0.25) is 0 Å². The zero-order valence-corrected chi connectivity index (χ0v) is 16.3. The first-order chi connectivity index (χ1) is 14.1. The van der Waals surface area contributed by atoms with Crippen LogP contribution in [0.4, 0.5) is 0 Å². The molecule has 0 N–H and O–H groups in total. The van der Waals surface area contributed by atoms with Crippen LogP contribution < -0.4 is 4.74 Å². The fraction of sp³-hybridized carbons (Fsp3) is 0.167. The number of rotatable bonds is 6. The molecule has 146 valence electrons. The van der Waals surface area contributed by atoms with Crippen molar-refractivity contribution in [3.8, 4) is 17.2 Å². The normalized spacial score (nSPS) is 10.8. The second kappa shape index (κ2) is 8.19. The smallest absolute Gasteiger partial charge is 0.337 e. The standard InChI is InChI=1S/C24H21NO4/c1-16-22(25-23(29-16)17-6-4-3-5-7-17)12-13-28-21-11-10-18-14-20(24(26)27-2)9-8-19(18)15-21/h3-11,14-15H,12-13H2,1-2H3. The van der Waals surface area contributed by atoms with Crippen LogP contribution in [-0.4, -0.2) is 24.7 Å². The molecule has 29 heavy (non-hydrogen) atoms. The van der Waals surface area contributed by atoms with Gasteiger partial charge in [0.05, 0.1) is 25.0 Å². The van der Waals surface area contributed by atoms with Gasteiger partial charge in [-0.15, -0.1) is 0 Å². The average Bonchev–Trinajstić information content (AvgIpc) is 3.14. The summed E-state index contributed by atoms with van der Waals surface area (Å²) < 4.78 is 16.5. The van der Waals surface area contributed by atoms with E-state index in [1.165, 1.54) is 7.11 Å². The molecule has 0 saturated heterocycles. The summed E-state index contributed by atoms with van der Waals surface area (Å²) in [6, 6.07) is 21.1.